The predicted molar refractivity (Wildman–Crippen MR) is 114 cm³/mol. The molecule has 0 aromatic heterocycles. The second-order valence-corrected chi connectivity index (χ2v) is 8.05. The number of ether oxygens (including phenoxy) is 1. The Hall–Kier alpha value is -3.48. The van der Waals surface area contributed by atoms with Crippen molar-refractivity contribution in [3.8, 4) is 0 Å². The van der Waals surface area contributed by atoms with E-state index < -0.39 is 18.5 Å². The van der Waals surface area contributed by atoms with Crippen LogP contribution in [0.2, 0.25) is 0 Å². The van der Waals surface area contributed by atoms with Crippen LogP contribution in [0.1, 0.15) is 41.6 Å². The van der Waals surface area contributed by atoms with Gasteiger partial charge in [0.15, 0.2) is 6.61 Å². The lowest BCUT2D eigenvalue weighted by atomic mass is 9.81. The van der Waals surface area contributed by atoms with Crippen LogP contribution in [-0.4, -0.2) is 30.3 Å². The van der Waals surface area contributed by atoms with Crippen molar-refractivity contribution in [2.75, 3.05) is 16.8 Å². The molecule has 2 aliphatic rings. The summed E-state index contributed by atoms with van der Waals surface area (Å²) < 4.78 is 5.12. The van der Waals surface area contributed by atoms with E-state index >= 15 is 0 Å². The highest BCUT2D eigenvalue weighted by Gasteiger charge is 2.48. The van der Waals surface area contributed by atoms with Crippen molar-refractivity contribution in [3.05, 3.63) is 59.7 Å². The molecule has 7 nitrogen and oxygen atoms in total. The lowest BCUT2D eigenvalue weighted by Crippen LogP contribution is -2.31. The van der Waals surface area contributed by atoms with E-state index in [1.165, 1.54) is 17.0 Å². The summed E-state index contributed by atoms with van der Waals surface area (Å²) in [5, 5.41) is 2.67. The maximum Gasteiger partial charge on any atom is 0.338 e. The molecule has 0 spiro atoms. The van der Waals surface area contributed by atoms with Crippen LogP contribution in [0.4, 0.5) is 11.4 Å². The van der Waals surface area contributed by atoms with E-state index in [1.807, 2.05) is 25.1 Å². The minimum atomic E-state index is -0.697. The highest BCUT2D eigenvalue weighted by molar-refractivity contribution is 6.22. The molecule has 1 N–H and O–H groups in total. The molecule has 1 saturated heterocycles. The van der Waals surface area contributed by atoms with Crippen molar-refractivity contribution in [1.82, 2.24) is 0 Å². The van der Waals surface area contributed by atoms with Gasteiger partial charge in [-0.25, -0.2) is 4.79 Å². The van der Waals surface area contributed by atoms with Crippen LogP contribution >= 0.6 is 0 Å². The molecule has 160 valence electrons. The molecule has 1 aliphatic heterocycles. The Kier molecular flexibility index (Phi) is 5.84. The molecular formula is C24H24N2O5. The van der Waals surface area contributed by atoms with Gasteiger partial charge in [-0.15, -0.1) is 0 Å². The van der Waals surface area contributed by atoms with Gasteiger partial charge in [0.25, 0.3) is 5.91 Å². The second kappa shape index (κ2) is 8.71. The fourth-order valence-electron chi connectivity index (χ4n) is 4.32. The second-order valence-electron chi connectivity index (χ2n) is 8.05. The molecular weight excluding hydrogens is 396 g/mol. The molecule has 2 fully saturated rings. The molecule has 2 atom stereocenters. The fourth-order valence-corrected chi connectivity index (χ4v) is 4.32. The Bertz CT molecular complexity index is 1020. The normalized spacial score (nSPS) is 20.4. The van der Waals surface area contributed by atoms with Gasteiger partial charge in [-0.05, 0) is 55.7 Å². The molecule has 4 rings (SSSR count). The smallest absolute Gasteiger partial charge is 0.338 e. The number of imide groups is 1. The lowest BCUT2D eigenvalue weighted by Gasteiger charge is -2.19. The summed E-state index contributed by atoms with van der Waals surface area (Å²) in [5.74, 6) is -2.07. The van der Waals surface area contributed by atoms with Gasteiger partial charge in [-0.2, -0.15) is 0 Å². The number of fused-ring (bicyclic) bond motifs is 1. The van der Waals surface area contributed by atoms with Gasteiger partial charge < -0.3 is 10.1 Å². The quantitative estimate of drug-likeness (QED) is 0.591. The minimum absolute atomic E-state index is 0.177. The Morgan fingerprint density at radius 2 is 1.68 bits per heavy atom. The largest absolute Gasteiger partial charge is 0.452 e. The summed E-state index contributed by atoms with van der Waals surface area (Å²) >= 11 is 0. The molecule has 31 heavy (non-hydrogen) atoms. The highest BCUT2D eigenvalue weighted by atomic mass is 16.5. The number of carbonyl (C=O) groups excluding carboxylic acids is 4. The summed E-state index contributed by atoms with van der Waals surface area (Å²) in [5.41, 5.74) is 2.16. The Labute approximate surface area is 180 Å². The number of aryl methyl sites for hydroxylation is 1. The average molecular weight is 420 g/mol. The van der Waals surface area contributed by atoms with E-state index in [2.05, 4.69) is 5.32 Å². The SMILES string of the molecule is Cc1cccc(NC(=O)COC(=O)c2cccc(N3C(=O)[C@@H]4CCCC[C@H]4C3=O)c2)c1. The van der Waals surface area contributed by atoms with Gasteiger partial charge in [0.1, 0.15) is 0 Å². The third-order valence-electron chi connectivity index (χ3n) is 5.82. The number of benzene rings is 2. The van der Waals surface area contributed by atoms with Crippen molar-refractivity contribution >= 4 is 35.1 Å². The van der Waals surface area contributed by atoms with Crippen LogP contribution in [0.15, 0.2) is 48.5 Å². The van der Waals surface area contributed by atoms with Crippen LogP contribution < -0.4 is 10.2 Å². The third kappa shape index (κ3) is 4.35. The van der Waals surface area contributed by atoms with Crippen LogP contribution in [0, 0.1) is 18.8 Å². The number of rotatable bonds is 5. The first-order valence-corrected chi connectivity index (χ1v) is 10.5. The van der Waals surface area contributed by atoms with E-state index in [0.29, 0.717) is 11.4 Å². The zero-order valence-electron chi connectivity index (χ0n) is 17.3. The van der Waals surface area contributed by atoms with Crippen molar-refractivity contribution in [1.29, 1.82) is 0 Å². The molecule has 7 heteroatoms. The van der Waals surface area contributed by atoms with E-state index in [0.717, 1.165) is 31.2 Å². The molecule has 1 heterocycles. The first-order chi connectivity index (χ1) is 14.9. The number of nitrogens with one attached hydrogen (secondary N) is 1. The molecule has 1 saturated carbocycles. The average Bonchev–Trinajstić information content (AvgIpc) is 3.02. The first-order valence-electron chi connectivity index (χ1n) is 10.5. The van der Waals surface area contributed by atoms with E-state index in [9.17, 15) is 19.2 Å². The van der Waals surface area contributed by atoms with Crippen molar-refractivity contribution in [3.63, 3.8) is 0 Å². The number of carbonyl (C=O) groups is 4. The van der Waals surface area contributed by atoms with Gasteiger partial charge >= 0.3 is 5.97 Å². The van der Waals surface area contributed by atoms with Crippen LogP contribution in [-0.2, 0) is 19.1 Å². The standard InChI is InChI=1S/C24H24N2O5/c1-15-6-4-8-17(12-15)25-21(27)14-31-24(30)16-7-5-9-18(13-16)26-22(28)19-10-2-3-11-20(19)23(26)29/h4-9,12-13,19-20H,2-3,10-11,14H2,1H3,(H,25,27)/t19-,20-/m1/s1. The van der Waals surface area contributed by atoms with Crippen LogP contribution in [0.25, 0.3) is 0 Å². The topological polar surface area (TPSA) is 92.8 Å². The number of anilines is 2. The molecule has 2 aromatic carbocycles. The van der Waals surface area contributed by atoms with Crippen molar-refractivity contribution < 1.29 is 23.9 Å². The summed E-state index contributed by atoms with van der Waals surface area (Å²) in [6.07, 6.45) is 3.35. The summed E-state index contributed by atoms with van der Waals surface area (Å²) in [4.78, 5) is 51.3. The fraction of sp³-hybridized carbons (Fsp3) is 0.333. The van der Waals surface area contributed by atoms with Crippen molar-refractivity contribution in [2.45, 2.75) is 32.6 Å². The van der Waals surface area contributed by atoms with Gasteiger partial charge in [-0.1, -0.05) is 31.0 Å². The Morgan fingerprint density at radius 3 is 2.35 bits per heavy atom. The molecule has 0 bridgehead atoms. The number of nitrogens with zero attached hydrogens (tertiary/aromatic N) is 1. The third-order valence-corrected chi connectivity index (χ3v) is 5.82. The van der Waals surface area contributed by atoms with Crippen LogP contribution in [0.5, 0.6) is 0 Å². The summed E-state index contributed by atoms with van der Waals surface area (Å²) in [6, 6.07) is 13.5. The molecule has 3 amide bonds. The van der Waals surface area contributed by atoms with E-state index in [-0.39, 0.29) is 29.2 Å². The zero-order valence-corrected chi connectivity index (χ0v) is 17.3. The lowest BCUT2D eigenvalue weighted by molar-refractivity contribution is -0.122. The van der Waals surface area contributed by atoms with Gasteiger partial charge in [0.2, 0.25) is 11.8 Å². The number of amides is 3. The summed E-state index contributed by atoms with van der Waals surface area (Å²) in [6.45, 7) is 1.47. The Balaban J connectivity index is 1.41. The molecule has 2 aromatic rings. The maximum atomic E-state index is 12.8. The van der Waals surface area contributed by atoms with Gasteiger partial charge in [0.05, 0.1) is 23.1 Å². The molecule has 0 unspecified atom stereocenters. The van der Waals surface area contributed by atoms with Gasteiger partial charge in [-0.3, -0.25) is 19.3 Å². The Morgan fingerprint density at radius 1 is 1.00 bits per heavy atom. The highest BCUT2D eigenvalue weighted by Crippen LogP contribution is 2.40. The predicted octanol–water partition coefficient (Wildman–Crippen LogP) is 3.47. The first kappa shape index (κ1) is 20.8. The van der Waals surface area contributed by atoms with Crippen molar-refractivity contribution in [2.24, 2.45) is 11.8 Å². The zero-order chi connectivity index (χ0) is 22.0. The maximum absolute atomic E-state index is 12.8. The van der Waals surface area contributed by atoms with E-state index in [1.54, 1.807) is 18.2 Å². The molecule has 0 radical (unpaired) electrons. The van der Waals surface area contributed by atoms with Crippen LogP contribution in [0.3, 0.4) is 0 Å². The number of hydrogen-bond donors (Lipinski definition) is 1. The summed E-state index contributed by atoms with van der Waals surface area (Å²) in [7, 11) is 0. The molecule has 1 aliphatic carbocycles. The van der Waals surface area contributed by atoms with E-state index in [4.69, 9.17) is 4.74 Å². The monoisotopic (exact) mass is 420 g/mol. The number of esters is 1. The minimum Gasteiger partial charge on any atom is -0.452 e. The van der Waals surface area contributed by atoms with Gasteiger partial charge in [0, 0.05) is 5.69 Å². The number of hydrogen-bond acceptors (Lipinski definition) is 5.